The Kier molecular flexibility index (Phi) is 4.89. The van der Waals surface area contributed by atoms with Gasteiger partial charge in [0.2, 0.25) is 5.82 Å². The van der Waals surface area contributed by atoms with E-state index < -0.39 is 5.60 Å². The Labute approximate surface area is 161 Å². The average Bonchev–Trinajstić information content (AvgIpc) is 3.19. The predicted octanol–water partition coefficient (Wildman–Crippen LogP) is 2.80. The summed E-state index contributed by atoms with van der Waals surface area (Å²) < 4.78 is 22.0. The van der Waals surface area contributed by atoms with E-state index in [1.54, 1.807) is 56.9 Å². The number of hydrogen-bond acceptors (Lipinski definition) is 8. The van der Waals surface area contributed by atoms with Gasteiger partial charge < -0.3 is 18.7 Å². The minimum absolute atomic E-state index is 0.0499. The van der Waals surface area contributed by atoms with Crippen molar-refractivity contribution in [3.05, 3.63) is 48.3 Å². The number of Topliss-reactive ketones (excluding diaryl/α,β-unsaturated/α-hetero) is 1. The van der Waals surface area contributed by atoms with Crippen LogP contribution in [0.1, 0.15) is 16.8 Å². The van der Waals surface area contributed by atoms with E-state index in [2.05, 4.69) is 15.1 Å². The van der Waals surface area contributed by atoms with E-state index in [0.29, 0.717) is 28.6 Å². The molecule has 8 heteroatoms. The van der Waals surface area contributed by atoms with Crippen molar-refractivity contribution < 1.29 is 23.5 Å². The van der Waals surface area contributed by atoms with Gasteiger partial charge in [-0.2, -0.15) is 4.98 Å². The van der Waals surface area contributed by atoms with Crippen LogP contribution in [0.2, 0.25) is 0 Å². The highest BCUT2D eigenvalue weighted by Crippen LogP contribution is 2.36. The zero-order chi connectivity index (χ0) is 19.6. The van der Waals surface area contributed by atoms with Gasteiger partial charge in [-0.15, -0.1) is 0 Å². The van der Waals surface area contributed by atoms with Crippen molar-refractivity contribution >= 4 is 5.78 Å². The molecule has 0 spiro atoms. The van der Waals surface area contributed by atoms with Crippen LogP contribution in [0.15, 0.2) is 47.2 Å². The van der Waals surface area contributed by atoms with Gasteiger partial charge >= 0.3 is 0 Å². The average molecular weight is 381 g/mol. The van der Waals surface area contributed by atoms with E-state index in [-0.39, 0.29) is 25.4 Å². The third-order valence-corrected chi connectivity index (χ3v) is 4.52. The molecule has 1 aromatic carbocycles. The molecule has 0 saturated heterocycles. The Morgan fingerprint density at radius 3 is 2.54 bits per heavy atom. The van der Waals surface area contributed by atoms with E-state index in [1.165, 1.54) is 0 Å². The number of ether oxygens (including phenoxy) is 3. The minimum Gasteiger partial charge on any atom is -0.481 e. The summed E-state index contributed by atoms with van der Waals surface area (Å²) in [6, 6.07) is 8.82. The van der Waals surface area contributed by atoms with Crippen molar-refractivity contribution in [3.8, 4) is 28.6 Å². The number of ketones is 1. The predicted molar refractivity (Wildman–Crippen MR) is 99.0 cm³/mol. The minimum atomic E-state index is -0.825. The summed E-state index contributed by atoms with van der Waals surface area (Å²) in [6.07, 6.45) is 3.48. The number of rotatable bonds is 6. The highest BCUT2D eigenvalue weighted by atomic mass is 16.6. The molecular formula is C20H19N3O5. The maximum absolute atomic E-state index is 12.8. The Bertz CT molecular complexity index is 981. The monoisotopic (exact) mass is 381 g/mol. The fourth-order valence-corrected chi connectivity index (χ4v) is 3.31. The Morgan fingerprint density at radius 2 is 1.82 bits per heavy atom. The summed E-state index contributed by atoms with van der Waals surface area (Å²) in [5, 5.41) is 4.00. The normalized spacial score (nSPS) is 15.1. The van der Waals surface area contributed by atoms with Gasteiger partial charge in [0.05, 0.1) is 25.2 Å². The third kappa shape index (κ3) is 3.39. The summed E-state index contributed by atoms with van der Waals surface area (Å²) in [6.45, 7) is 0.513. The highest BCUT2D eigenvalue weighted by molar-refractivity contribution is 6.01. The molecule has 3 aromatic rings. The molecule has 0 radical (unpaired) electrons. The molecule has 144 valence electrons. The number of nitrogens with zero attached hydrogens (tertiary/aromatic N) is 3. The number of pyridine rings is 1. The number of benzene rings is 1. The molecule has 0 unspecified atom stereocenters. The zero-order valence-corrected chi connectivity index (χ0v) is 15.5. The molecular weight excluding hydrogens is 362 g/mol. The van der Waals surface area contributed by atoms with Gasteiger partial charge in [-0.05, 0) is 30.3 Å². The SMILES string of the molecule is COCC1(COC)CC(=O)c2cc(-c3nc(-c4ccncc4)no3)ccc2O1. The first-order valence-electron chi connectivity index (χ1n) is 8.73. The van der Waals surface area contributed by atoms with Crippen LogP contribution >= 0.6 is 0 Å². The highest BCUT2D eigenvalue weighted by Gasteiger charge is 2.41. The number of hydrogen-bond donors (Lipinski definition) is 0. The lowest BCUT2D eigenvalue weighted by molar-refractivity contribution is -0.0630. The molecule has 0 fully saturated rings. The topological polar surface area (TPSA) is 96.6 Å². The van der Waals surface area contributed by atoms with Crippen LogP contribution in [0.5, 0.6) is 5.75 Å². The van der Waals surface area contributed by atoms with Crippen LogP contribution < -0.4 is 4.74 Å². The third-order valence-electron chi connectivity index (χ3n) is 4.52. The van der Waals surface area contributed by atoms with Crippen LogP contribution in [0.25, 0.3) is 22.8 Å². The molecule has 1 aliphatic heterocycles. The number of fused-ring (bicyclic) bond motifs is 1. The maximum Gasteiger partial charge on any atom is 0.258 e. The van der Waals surface area contributed by atoms with E-state index in [4.69, 9.17) is 18.7 Å². The molecule has 0 saturated carbocycles. The molecule has 0 aliphatic carbocycles. The first kappa shape index (κ1) is 18.3. The van der Waals surface area contributed by atoms with Gasteiger partial charge in [-0.25, -0.2) is 0 Å². The van der Waals surface area contributed by atoms with Gasteiger partial charge in [0.1, 0.15) is 5.75 Å². The van der Waals surface area contributed by atoms with Crippen molar-refractivity contribution in [2.45, 2.75) is 12.0 Å². The Balaban J connectivity index is 1.65. The summed E-state index contributed by atoms with van der Waals surface area (Å²) >= 11 is 0. The lowest BCUT2D eigenvalue weighted by atomic mass is 9.90. The summed E-state index contributed by atoms with van der Waals surface area (Å²) in [7, 11) is 3.14. The summed E-state index contributed by atoms with van der Waals surface area (Å²) in [5.74, 6) is 1.22. The Morgan fingerprint density at radius 1 is 1.07 bits per heavy atom. The number of methoxy groups -OCH3 is 2. The smallest absolute Gasteiger partial charge is 0.258 e. The molecule has 3 heterocycles. The van der Waals surface area contributed by atoms with Crippen molar-refractivity contribution in [1.29, 1.82) is 0 Å². The van der Waals surface area contributed by atoms with Crippen LogP contribution in [0.4, 0.5) is 0 Å². The second-order valence-corrected chi connectivity index (χ2v) is 6.62. The van der Waals surface area contributed by atoms with Crippen molar-refractivity contribution in [3.63, 3.8) is 0 Å². The first-order valence-corrected chi connectivity index (χ1v) is 8.73. The molecule has 1 aliphatic rings. The molecule has 2 aromatic heterocycles. The van der Waals surface area contributed by atoms with Crippen LogP contribution in [-0.4, -0.2) is 53.9 Å². The summed E-state index contributed by atoms with van der Waals surface area (Å²) in [4.78, 5) is 21.2. The second kappa shape index (κ2) is 7.49. The van der Waals surface area contributed by atoms with E-state index in [9.17, 15) is 4.79 Å². The second-order valence-electron chi connectivity index (χ2n) is 6.62. The van der Waals surface area contributed by atoms with E-state index >= 15 is 0 Å². The van der Waals surface area contributed by atoms with Crippen molar-refractivity contribution in [1.82, 2.24) is 15.1 Å². The van der Waals surface area contributed by atoms with Gasteiger partial charge in [-0.3, -0.25) is 9.78 Å². The van der Waals surface area contributed by atoms with Crippen LogP contribution in [-0.2, 0) is 9.47 Å². The summed E-state index contributed by atoms with van der Waals surface area (Å²) in [5.41, 5.74) is 1.10. The van der Waals surface area contributed by atoms with Gasteiger partial charge in [-0.1, -0.05) is 5.16 Å². The largest absolute Gasteiger partial charge is 0.481 e. The molecule has 4 rings (SSSR count). The number of carbonyl (C=O) groups is 1. The van der Waals surface area contributed by atoms with Crippen molar-refractivity contribution in [2.75, 3.05) is 27.4 Å². The molecule has 0 amide bonds. The fraction of sp³-hybridized carbons (Fsp3) is 0.300. The quantitative estimate of drug-likeness (QED) is 0.643. The van der Waals surface area contributed by atoms with Gasteiger partial charge in [0.15, 0.2) is 11.4 Å². The standard InChI is InChI=1S/C20H19N3O5/c1-25-11-20(12-26-2)10-16(24)15-9-14(3-4-17(15)27-20)19-22-18(23-28-19)13-5-7-21-8-6-13/h3-9H,10-12H2,1-2H3. The molecule has 28 heavy (non-hydrogen) atoms. The Hall–Kier alpha value is -3.10. The van der Waals surface area contributed by atoms with E-state index in [0.717, 1.165) is 5.56 Å². The van der Waals surface area contributed by atoms with Gasteiger partial charge in [0, 0.05) is 37.7 Å². The maximum atomic E-state index is 12.8. The van der Waals surface area contributed by atoms with Crippen LogP contribution in [0.3, 0.4) is 0 Å². The number of aromatic nitrogens is 3. The van der Waals surface area contributed by atoms with E-state index in [1.807, 2.05) is 0 Å². The fourth-order valence-electron chi connectivity index (χ4n) is 3.31. The van der Waals surface area contributed by atoms with Gasteiger partial charge in [0.25, 0.3) is 5.89 Å². The molecule has 8 nitrogen and oxygen atoms in total. The zero-order valence-electron chi connectivity index (χ0n) is 15.5. The molecule has 0 N–H and O–H groups in total. The lowest BCUT2D eigenvalue weighted by Gasteiger charge is -2.36. The number of carbonyl (C=O) groups excluding carboxylic acids is 1. The lowest BCUT2D eigenvalue weighted by Crippen LogP contribution is -2.49. The van der Waals surface area contributed by atoms with Crippen molar-refractivity contribution in [2.24, 2.45) is 0 Å². The molecule has 0 atom stereocenters. The molecule has 0 bridgehead atoms. The first-order chi connectivity index (χ1) is 13.6. The van der Waals surface area contributed by atoms with Crippen LogP contribution in [0, 0.1) is 0 Å².